The van der Waals surface area contributed by atoms with Crippen LogP contribution in [0.25, 0.3) is 16.6 Å². The van der Waals surface area contributed by atoms with Crippen molar-refractivity contribution in [1.29, 1.82) is 0 Å². The molecule has 0 aliphatic rings. The van der Waals surface area contributed by atoms with Gasteiger partial charge in [0.05, 0.1) is 5.52 Å². The van der Waals surface area contributed by atoms with Crippen LogP contribution < -0.4 is 0 Å². The summed E-state index contributed by atoms with van der Waals surface area (Å²) in [5.74, 6) is 0. The van der Waals surface area contributed by atoms with Gasteiger partial charge in [0.1, 0.15) is 0 Å². The Bertz CT molecular complexity index is 663. The zero-order valence-corrected chi connectivity index (χ0v) is 13.5. The molecule has 1 nitrogen and oxygen atoms in total. The number of allylic oxidation sites excluding steroid dienone is 1. The SMILES string of the molecule is C=CC.CC.Cc1cc2ccccc2n1-c1ccccc1. The molecule has 0 bridgehead atoms. The van der Waals surface area contributed by atoms with Crippen molar-refractivity contribution in [3.8, 4) is 5.69 Å². The smallest absolute Gasteiger partial charge is 0.0531 e. The van der Waals surface area contributed by atoms with E-state index in [1.165, 1.54) is 22.3 Å². The van der Waals surface area contributed by atoms with E-state index >= 15 is 0 Å². The van der Waals surface area contributed by atoms with Crippen LogP contribution >= 0.6 is 0 Å². The molecule has 110 valence electrons. The molecule has 0 saturated heterocycles. The number of para-hydroxylation sites is 2. The lowest BCUT2D eigenvalue weighted by molar-refractivity contribution is 1.05. The van der Waals surface area contributed by atoms with E-state index in [2.05, 4.69) is 72.7 Å². The van der Waals surface area contributed by atoms with Crippen molar-refractivity contribution in [3.05, 3.63) is 79.0 Å². The summed E-state index contributed by atoms with van der Waals surface area (Å²) in [6.45, 7) is 11.4. The maximum Gasteiger partial charge on any atom is 0.0531 e. The van der Waals surface area contributed by atoms with Crippen molar-refractivity contribution >= 4 is 10.9 Å². The second kappa shape index (κ2) is 8.80. The Labute approximate surface area is 128 Å². The third kappa shape index (κ3) is 4.09. The molecule has 21 heavy (non-hydrogen) atoms. The van der Waals surface area contributed by atoms with Gasteiger partial charge >= 0.3 is 0 Å². The monoisotopic (exact) mass is 279 g/mol. The first-order chi connectivity index (χ1) is 10.3. The highest BCUT2D eigenvalue weighted by atomic mass is 15.0. The van der Waals surface area contributed by atoms with Gasteiger partial charge in [0, 0.05) is 16.8 Å². The van der Waals surface area contributed by atoms with Crippen LogP contribution in [-0.2, 0) is 0 Å². The highest BCUT2D eigenvalue weighted by Crippen LogP contribution is 2.23. The zero-order valence-electron chi connectivity index (χ0n) is 13.5. The molecule has 0 saturated carbocycles. The van der Waals surface area contributed by atoms with Gasteiger partial charge < -0.3 is 4.57 Å². The third-order valence-electron chi connectivity index (χ3n) is 2.91. The summed E-state index contributed by atoms with van der Waals surface area (Å²) >= 11 is 0. The summed E-state index contributed by atoms with van der Waals surface area (Å²) in [6, 6.07) is 21.2. The second-order valence-corrected chi connectivity index (χ2v) is 4.42. The first-order valence-electron chi connectivity index (χ1n) is 7.47. The molecule has 1 heteroatoms. The molecular formula is C20H25N. The fourth-order valence-electron chi connectivity index (χ4n) is 2.21. The lowest BCUT2D eigenvalue weighted by atomic mass is 10.2. The van der Waals surface area contributed by atoms with Crippen molar-refractivity contribution in [2.24, 2.45) is 0 Å². The molecule has 0 fully saturated rings. The molecule has 3 aromatic rings. The highest BCUT2D eigenvalue weighted by molar-refractivity contribution is 5.83. The molecule has 3 rings (SSSR count). The van der Waals surface area contributed by atoms with Crippen molar-refractivity contribution in [2.45, 2.75) is 27.7 Å². The van der Waals surface area contributed by atoms with E-state index in [1.54, 1.807) is 6.08 Å². The minimum absolute atomic E-state index is 1.22. The molecule has 1 aromatic heterocycles. The minimum atomic E-state index is 1.22. The molecule has 0 aliphatic carbocycles. The lowest BCUT2D eigenvalue weighted by Gasteiger charge is -2.07. The largest absolute Gasteiger partial charge is 0.314 e. The van der Waals surface area contributed by atoms with E-state index in [0.717, 1.165) is 0 Å². The standard InChI is InChI=1S/C15H13N.C3H6.C2H6/c1-12-11-13-7-5-6-10-15(13)16(12)14-8-3-2-4-9-14;1-3-2;1-2/h2-11H,1H3;3H,1H2,2H3;1-2H3. The second-order valence-electron chi connectivity index (χ2n) is 4.42. The molecule has 2 aromatic carbocycles. The van der Waals surface area contributed by atoms with E-state index < -0.39 is 0 Å². The predicted molar refractivity (Wildman–Crippen MR) is 95.2 cm³/mol. The summed E-state index contributed by atoms with van der Waals surface area (Å²) in [7, 11) is 0. The predicted octanol–water partition coefficient (Wildman–Crippen LogP) is 6.16. The number of benzene rings is 2. The zero-order chi connectivity index (χ0) is 15.7. The number of rotatable bonds is 1. The lowest BCUT2D eigenvalue weighted by Crippen LogP contribution is -1.94. The van der Waals surface area contributed by atoms with Crippen molar-refractivity contribution in [3.63, 3.8) is 0 Å². The van der Waals surface area contributed by atoms with Crippen LogP contribution in [0.4, 0.5) is 0 Å². The van der Waals surface area contributed by atoms with Gasteiger partial charge in [0.25, 0.3) is 0 Å². The fourth-order valence-corrected chi connectivity index (χ4v) is 2.21. The van der Waals surface area contributed by atoms with Gasteiger partial charge in [-0.05, 0) is 38.1 Å². The third-order valence-corrected chi connectivity index (χ3v) is 2.91. The van der Waals surface area contributed by atoms with E-state index in [-0.39, 0.29) is 0 Å². The van der Waals surface area contributed by atoms with Gasteiger partial charge in [-0.25, -0.2) is 0 Å². The molecule has 0 amide bonds. The maximum atomic E-state index is 3.36. The summed E-state index contributed by atoms with van der Waals surface area (Å²) in [5.41, 5.74) is 3.76. The van der Waals surface area contributed by atoms with Crippen molar-refractivity contribution in [1.82, 2.24) is 4.57 Å². The molecule has 1 heterocycles. The topological polar surface area (TPSA) is 4.93 Å². The van der Waals surface area contributed by atoms with Crippen LogP contribution in [-0.4, -0.2) is 4.57 Å². The van der Waals surface area contributed by atoms with Gasteiger partial charge in [0.2, 0.25) is 0 Å². The summed E-state index contributed by atoms with van der Waals surface area (Å²) in [6.07, 6.45) is 1.75. The van der Waals surface area contributed by atoms with E-state index in [0.29, 0.717) is 0 Å². The Kier molecular flexibility index (Phi) is 7.03. The van der Waals surface area contributed by atoms with Gasteiger partial charge in [-0.3, -0.25) is 0 Å². The number of hydrogen-bond donors (Lipinski definition) is 0. The van der Waals surface area contributed by atoms with Crippen molar-refractivity contribution in [2.75, 3.05) is 0 Å². The molecule has 0 atom stereocenters. The molecule has 0 aliphatic heterocycles. The Morgan fingerprint density at radius 3 is 2.05 bits per heavy atom. The number of aromatic nitrogens is 1. The van der Waals surface area contributed by atoms with E-state index in [4.69, 9.17) is 0 Å². The maximum absolute atomic E-state index is 3.36. The van der Waals surface area contributed by atoms with Crippen LogP contribution in [0.3, 0.4) is 0 Å². The van der Waals surface area contributed by atoms with Crippen molar-refractivity contribution < 1.29 is 0 Å². The Morgan fingerprint density at radius 1 is 0.905 bits per heavy atom. The number of nitrogens with zero attached hydrogens (tertiary/aromatic N) is 1. The Balaban J connectivity index is 0.000000395. The number of hydrogen-bond acceptors (Lipinski definition) is 0. The Hall–Kier alpha value is -2.28. The summed E-state index contributed by atoms with van der Waals surface area (Å²) < 4.78 is 2.29. The average Bonchev–Trinajstić information content (AvgIpc) is 2.87. The van der Waals surface area contributed by atoms with Gasteiger partial charge in [-0.15, -0.1) is 6.58 Å². The van der Waals surface area contributed by atoms with Gasteiger partial charge in [-0.2, -0.15) is 0 Å². The van der Waals surface area contributed by atoms with E-state index in [1.807, 2.05) is 26.8 Å². The summed E-state index contributed by atoms with van der Waals surface area (Å²) in [4.78, 5) is 0. The van der Waals surface area contributed by atoms with Crippen LogP contribution in [0.15, 0.2) is 73.3 Å². The normalized spacial score (nSPS) is 9.14. The molecule has 0 unspecified atom stereocenters. The quantitative estimate of drug-likeness (QED) is 0.470. The fraction of sp³-hybridized carbons (Fsp3) is 0.200. The summed E-state index contributed by atoms with van der Waals surface area (Å²) in [5, 5.41) is 1.30. The average molecular weight is 279 g/mol. The van der Waals surface area contributed by atoms with Crippen LogP contribution in [0, 0.1) is 6.92 Å². The molecule has 0 spiro atoms. The Morgan fingerprint density at radius 2 is 1.43 bits per heavy atom. The van der Waals surface area contributed by atoms with Crippen LogP contribution in [0.5, 0.6) is 0 Å². The first kappa shape index (κ1) is 16.8. The molecular weight excluding hydrogens is 254 g/mol. The van der Waals surface area contributed by atoms with E-state index in [9.17, 15) is 0 Å². The molecule has 0 radical (unpaired) electrons. The van der Waals surface area contributed by atoms with Gasteiger partial charge in [-0.1, -0.05) is 56.3 Å². The molecule has 0 N–H and O–H groups in total. The van der Waals surface area contributed by atoms with Gasteiger partial charge in [0.15, 0.2) is 0 Å². The number of aryl methyl sites for hydroxylation is 1. The van der Waals surface area contributed by atoms with Crippen LogP contribution in [0.1, 0.15) is 26.5 Å². The highest BCUT2D eigenvalue weighted by Gasteiger charge is 2.05. The minimum Gasteiger partial charge on any atom is -0.314 e. The first-order valence-corrected chi connectivity index (χ1v) is 7.47. The number of fused-ring (bicyclic) bond motifs is 1. The van der Waals surface area contributed by atoms with Crippen LogP contribution in [0.2, 0.25) is 0 Å².